The van der Waals surface area contributed by atoms with E-state index in [-0.39, 0.29) is 23.2 Å². The zero-order valence-electron chi connectivity index (χ0n) is 17.6. The summed E-state index contributed by atoms with van der Waals surface area (Å²) in [5.74, 6) is -0.00179. The fourth-order valence-electron chi connectivity index (χ4n) is 4.31. The molecule has 1 heterocycles. The number of piperidine rings is 1. The van der Waals surface area contributed by atoms with Crippen LogP contribution in [0.25, 0.3) is 0 Å². The Morgan fingerprint density at radius 3 is 1.76 bits per heavy atom. The predicted molar refractivity (Wildman–Crippen MR) is 107 cm³/mol. The first kappa shape index (κ1) is 22.5. The first-order valence-electron chi connectivity index (χ1n) is 10.7. The molecule has 0 bridgehead atoms. The molecule has 1 N–H and O–H groups in total. The number of ether oxygens (including phenoxy) is 1. The van der Waals surface area contributed by atoms with Gasteiger partial charge in [0.05, 0.1) is 0 Å². The summed E-state index contributed by atoms with van der Waals surface area (Å²) in [4.78, 5) is 12.1. The molecule has 0 radical (unpaired) electrons. The van der Waals surface area contributed by atoms with Gasteiger partial charge < -0.3 is 10.1 Å². The smallest absolute Gasteiger partial charge is 0.306 e. The third kappa shape index (κ3) is 10.9. The number of carbonyl (C=O) groups is 1. The molecule has 0 atom stereocenters. The average molecular weight is 354 g/mol. The van der Waals surface area contributed by atoms with Crippen LogP contribution in [0.5, 0.6) is 0 Å². The Labute approximate surface area is 156 Å². The van der Waals surface area contributed by atoms with E-state index in [1.165, 1.54) is 51.4 Å². The summed E-state index contributed by atoms with van der Waals surface area (Å²) >= 11 is 0. The van der Waals surface area contributed by atoms with E-state index in [9.17, 15) is 4.79 Å². The van der Waals surface area contributed by atoms with Gasteiger partial charge in [0.2, 0.25) is 0 Å². The second kappa shape index (κ2) is 11.2. The lowest BCUT2D eigenvalue weighted by atomic mass is 9.81. The van der Waals surface area contributed by atoms with Gasteiger partial charge in [0.25, 0.3) is 0 Å². The first-order chi connectivity index (χ1) is 11.7. The maximum absolute atomic E-state index is 12.1. The highest BCUT2D eigenvalue weighted by molar-refractivity contribution is 5.69. The van der Waals surface area contributed by atoms with Crippen molar-refractivity contribution in [2.45, 2.75) is 135 Å². The molecule has 25 heavy (non-hydrogen) atoms. The van der Waals surface area contributed by atoms with Gasteiger partial charge in [-0.05, 0) is 34.1 Å². The molecular formula is C22H43NO2. The van der Waals surface area contributed by atoms with Gasteiger partial charge in [-0.2, -0.15) is 0 Å². The average Bonchev–Trinajstić information content (AvgIpc) is 2.45. The summed E-state index contributed by atoms with van der Waals surface area (Å²) in [5.41, 5.74) is 0.0631. The summed E-state index contributed by atoms with van der Waals surface area (Å²) in [5, 5.41) is 3.63. The highest BCUT2D eigenvalue weighted by Crippen LogP contribution is 2.30. The molecule has 0 aromatic rings. The maximum Gasteiger partial charge on any atom is 0.306 e. The first-order valence-corrected chi connectivity index (χ1v) is 10.7. The van der Waals surface area contributed by atoms with Crippen LogP contribution < -0.4 is 5.32 Å². The number of unbranched alkanes of at least 4 members (excludes halogenated alkanes) is 9. The van der Waals surface area contributed by atoms with E-state index in [1.807, 2.05) is 0 Å². The minimum Gasteiger partial charge on any atom is -0.462 e. The largest absolute Gasteiger partial charge is 0.462 e. The normalized spacial score (nSPS) is 19.7. The van der Waals surface area contributed by atoms with Crippen molar-refractivity contribution in [1.29, 1.82) is 0 Å². The Morgan fingerprint density at radius 2 is 1.28 bits per heavy atom. The Balaban J connectivity index is 2.05. The third-order valence-corrected chi connectivity index (χ3v) is 5.19. The van der Waals surface area contributed by atoms with Gasteiger partial charge in [-0.1, -0.05) is 64.7 Å². The molecule has 0 aromatic heterocycles. The van der Waals surface area contributed by atoms with E-state index in [1.54, 1.807) is 0 Å². The molecule has 1 rings (SSSR count). The molecule has 0 aromatic carbocycles. The van der Waals surface area contributed by atoms with Gasteiger partial charge in [-0.25, -0.2) is 0 Å². The van der Waals surface area contributed by atoms with E-state index in [4.69, 9.17) is 4.74 Å². The SMILES string of the molecule is CCCCCCCCCCCCC(=O)OC1CC(C)(C)NC(C)(C)C1. The van der Waals surface area contributed by atoms with Crippen LogP contribution in [0.4, 0.5) is 0 Å². The number of hydrogen-bond donors (Lipinski definition) is 1. The summed E-state index contributed by atoms with van der Waals surface area (Å²) in [7, 11) is 0. The van der Waals surface area contributed by atoms with E-state index in [0.717, 1.165) is 25.7 Å². The summed E-state index contributed by atoms with van der Waals surface area (Å²) in [6.45, 7) is 11.0. The molecule has 1 aliphatic heterocycles. The Morgan fingerprint density at radius 1 is 0.840 bits per heavy atom. The number of nitrogens with one attached hydrogen (secondary N) is 1. The van der Waals surface area contributed by atoms with Crippen LogP contribution in [0.1, 0.15) is 118 Å². The number of hydrogen-bond acceptors (Lipinski definition) is 3. The van der Waals surface area contributed by atoms with Crippen molar-refractivity contribution < 1.29 is 9.53 Å². The molecule has 0 unspecified atom stereocenters. The minimum absolute atomic E-state index is 0.00179. The predicted octanol–water partition coefficient (Wildman–Crippen LogP) is 6.15. The third-order valence-electron chi connectivity index (χ3n) is 5.19. The van der Waals surface area contributed by atoms with E-state index < -0.39 is 0 Å². The van der Waals surface area contributed by atoms with Crippen LogP contribution in [-0.4, -0.2) is 23.2 Å². The van der Waals surface area contributed by atoms with Crippen molar-refractivity contribution >= 4 is 5.97 Å². The summed E-state index contributed by atoms with van der Waals surface area (Å²) in [6.07, 6.45) is 15.4. The Hall–Kier alpha value is -0.570. The van der Waals surface area contributed by atoms with Gasteiger partial charge in [0, 0.05) is 30.3 Å². The van der Waals surface area contributed by atoms with Crippen LogP contribution in [0.15, 0.2) is 0 Å². The molecule has 0 aliphatic carbocycles. The topological polar surface area (TPSA) is 38.3 Å². The van der Waals surface area contributed by atoms with Crippen molar-refractivity contribution in [2.75, 3.05) is 0 Å². The monoisotopic (exact) mass is 353 g/mol. The van der Waals surface area contributed by atoms with Crippen molar-refractivity contribution in [3.63, 3.8) is 0 Å². The van der Waals surface area contributed by atoms with Crippen LogP contribution in [0, 0.1) is 0 Å². The van der Waals surface area contributed by atoms with Crippen LogP contribution in [0.2, 0.25) is 0 Å². The second-order valence-electron chi connectivity index (χ2n) is 9.34. The van der Waals surface area contributed by atoms with Crippen LogP contribution >= 0.6 is 0 Å². The van der Waals surface area contributed by atoms with Crippen molar-refractivity contribution in [1.82, 2.24) is 5.32 Å². The lowest BCUT2D eigenvalue weighted by Crippen LogP contribution is -2.59. The molecule has 1 aliphatic rings. The Bertz CT molecular complexity index is 360. The van der Waals surface area contributed by atoms with Crippen molar-refractivity contribution in [3.05, 3.63) is 0 Å². The summed E-state index contributed by atoms with van der Waals surface area (Å²) < 4.78 is 5.77. The molecule has 0 spiro atoms. The standard InChI is InChI=1S/C22H43NO2/c1-6-7-8-9-10-11-12-13-14-15-16-20(24)25-19-17-21(2,3)23-22(4,5)18-19/h19,23H,6-18H2,1-5H3. The molecular weight excluding hydrogens is 310 g/mol. The lowest BCUT2D eigenvalue weighted by Gasteiger charge is -2.45. The Kier molecular flexibility index (Phi) is 10.1. The van der Waals surface area contributed by atoms with Gasteiger partial charge in [-0.15, -0.1) is 0 Å². The van der Waals surface area contributed by atoms with E-state index >= 15 is 0 Å². The van der Waals surface area contributed by atoms with E-state index in [0.29, 0.717) is 6.42 Å². The number of rotatable bonds is 12. The second-order valence-corrected chi connectivity index (χ2v) is 9.34. The van der Waals surface area contributed by atoms with Crippen molar-refractivity contribution in [3.8, 4) is 0 Å². The van der Waals surface area contributed by atoms with Crippen LogP contribution in [0.3, 0.4) is 0 Å². The molecule has 3 nitrogen and oxygen atoms in total. The zero-order chi connectivity index (χ0) is 18.8. The quantitative estimate of drug-likeness (QED) is 0.338. The molecule has 1 fully saturated rings. The fraction of sp³-hybridized carbons (Fsp3) is 0.955. The van der Waals surface area contributed by atoms with Gasteiger partial charge in [-0.3, -0.25) is 4.79 Å². The van der Waals surface area contributed by atoms with Gasteiger partial charge in [0.15, 0.2) is 0 Å². The molecule has 148 valence electrons. The minimum atomic E-state index is -0.00179. The van der Waals surface area contributed by atoms with Crippen LogP contribution in [-0.2, 0) is 9.53 Å². The molecule has 0 saturated carbocycles. The highest BCUT2D eigenvalue weighted by atomic mass is 16.5. The van der Waals surface area contributed by atoms with Crippen molar-refractivity contribution in [2.24, 2.45) is 0 Å². The fourth-order valence-corrected chi connectivity index (χ4v) is 4.31. The van der Waals surface area contributed by atoms with Gasteiger partial charge in [0.1, 0.15) is 6.10 Å². The maximum atomic E-state index is 12.1. The number of carbonyl (C=O) groups excluding carboxylic acids is 1. The molecule has 1 saturated heterocycles. The highest BCUT2D eigenvalue weighted by Gasteiger charge is 2.39. The zero-order valence-corrected chi connectivity index (χ0v) is 17.6. The summed E-state index contributed by atoms with van der Waals surface area (Å²) in [6, 6.07) is 0. The van der Waals surface area contributed by atoms with Gasteiger partial charge >= 0.3 is 5.97 Å². The molecule has 0 amide bonds. The number of esters is 1. The lowest BCUT2D eigenvalue weighted by molar-refractivity contribution is -0.153. The van der Waals surface area contributed by atoms with E-state index in [2.05, 4.69) is 39.9 Å². The molecule has 3 heteroatoms.